The van der Waals surface area contributed by atoms with E-state index in [-0.39, 0.29) is 18.4 Å². The van der Waals surface area contributed by atoms with E-state index in [2.05, 4.69) is 22.9 Å². The average Bonchev–Trinajstić information content (AvgIpc) is 3.09. The summed E-state index contributed by atoms with van der Waals surface area (Å²) in [5.41, 5.74) is 1.24. The molecule has 24 heavy (non-hydrogen) atoms. The van der Waals surface area contributed by atoms with E-state index in [0.29, 0.717) is 24.3 Å². The van der Waals surface area contributed by atoms with E-state index >= 15 is 0 Å². The lowest BCUT2D eigenvalue weighted by molar-refractivity contribution is -0.115. The SMILES string of the molecule is CCCCNC(=O)c1ccc(NC(=O)CNCc2ccco2)cc1. The Balaban J connectivity index is 1.74. The molecule has 1 aromatic heterocycles. The van der Waals surface area contributed by atoms with Gasteiger partial charge in [0, 0.05) is 17.8 Å². The minimum Gasteiger partial charge on any atom is -0.468 e. The quantitative estimate of drug-likeness (QED) is 0.617. The van der Waals surface area contributed by atoms with Crippen molar-refractivity contribution in [2.75, 3.05) is 18.4 Å². The molecule has 6 heteroatoms. The molecular formula is C18H23N3O3. The first-order chi connectivity index (χ1) is 11.7. The van der Waals surface area contributed by atoms with Gasteiger partial charge in [-0.15, -0.1) is 0 Å². The molecular weight excluding hydrogens is 306 g/mol. The molecule has 0 saturated heterocycles. The summed E-state index contributed by atoms with van der Waals surface area (Å²) in [6, 6.07) is 10.5. The van der Waals surface area contributed by atoms with Gasteiger partial charge in [0.1, 0.15) is 5.76 Å². The summed E-state index contributed by atoms with van der Waals surface area (Å²) < 4.78 is 5.17. The minimum atomic E-state index is -0.151. The van der Waals surface area contributed by atoms with E-state index in [1.807, 2.05) is 6.07 Å². The average molecular weight is 329 g/mol. The lowest BCUT2D eigenvalue weighted by atomic mass is 10.2. The van der Waals surface area contributed by atoms with Crippen LogP contribution < -0.4 is 16.0 Å². The second kappa shape index (κ2) is 9.52. The molecule has 3 N–H and O–H groups in total. The first kappa shape index (κ1) is 17.7. The Morgan fingerprint density at radius 3 is 2.58 bits per heavy atom. The first-order valence-corrected chi connectivity index (χ1v) is 8.10. The molecule has 0 bridgehead atoms. The lowest BCUT2D eigenvalue weighted by Gasteiger charge is -2.08. The van der Waals surface area contributed by atoms with Gasteiger partial charge in [-0.1, -0.05) is 13.3 Å². The van der Waals surface area contributed by atoms with Crippen LogP contribution in [0.2, 0.25) is 0 Å². The third-order valence-corrected chi connectivity index (χ3v) is 3.41. The van der Waals surface area contributed by atoms with Gasteiger partial charge in [0.2, 0.25) is 5.91 Å². The number of unbranched alkanes of at least 4 members (excludes halogenated alkanes) is 1. The van der Waals surface area contributed by atoms with Crippen molar-refractivity contribution in [3.05, 3.63) is 54.0 Å². The largest absolute Gasteiger partial charge is 0.468 e. The molecule has 0 aliphatic heterocycles. The summed E-state index contributed by atoms with van der Waals surface area (Å²) in [6.45, 7) is 3.43. The zero-order valence-electron chi connectivity index (χ0n) is 13.8. The number of rotatable bonds is 9. The van der Waals surface area contributed by atoms with Gasteiger partial charge < -0.3 is 20.4 Å². The number of nitrogens with one attached hydrogen (secondary N) is 3. The second-order valence-corrected chi connectivity index (χ2v) is 5.42. The smallest absolute Gasteiger partial charge is 0.251 e. The molecule has 0 radical (unpaired) electrons. The van der Waals surface area contributed by atoms with Crippen molar-refractivity contribution < 1.29 is 14.0 Å². The highest BCUT2D eigenvalue weighted by Crippen LogP contribution is 2.09. The fourth-order valence-electron chi connectivity index (χ4n) is 2.10. The van der Waals surface area contributed by atoms with Crippen molar-refractivity contribution in [3.63, 3.8) is 0 Å². The molecule has 6 nitrogen and oxygen atoms in total. The molecule has 0 spiro atoms. The molecule has 1 aromatic carbocycles. The summed E-state index contributed by atoms with van der Waals surface area (Å²) in [4.78, 5) is 23.7. The number of hydrogen-bond acceptors (Lipinski definition) is 4. The number of carbonyl (C=O) groups excluding carboxylic acids is 2. The Morgan fingerprint density at radius 2 is 1.92 bits per heavy atom. The summed E-state index contributed by atoms with van der Waals surface area (Å²) in [7, 11) is 0. The molecule has 2 aromatic rings. The van der Waals surface area contributed by atoms with E-state index in [1.165, 1.54) is 0 Å². The number of amides is 2. The molecule has 0 aliphatic rings. The van der Waals surface area contributed by atoms with E-state index < -0.39 is 0 Å². The third kappa shape index (κ3) is 5.89. The summed E-state index contributed by atoms with van der Waals surface area (Å²) in [6.07, 6.45) is 3.60. The van der Waals surface area contributed by atoms with Gasteiger partial charge in [-0.2, -0.15) is 0 Å². The summed E-state index contributed by atoms with van der Waals surface area (Å²) in [5.74, 6) is 0.532. The van der Waals surface area contributed by atoms with Crippen LogP contribution >= 0.6 is 0 Å². The van der Waals surface area contributed by atoms with Gasteiger partial charge in [-0.05, 0) is 42.8 Å². The number of carbonyl (C=O) groups is 2. The van der Waals surface area contributed by atoms with E-state index in [9.17, 15) is 9.59 Å². The topological polar surface area (TPSA) is 83.4 Å². The van der Waals surface area contributed by atoms with Crippen molar-refractivity contribution in [2.24, 2.45) is 0 Å². The highest BCUT2D eigenvalue weighted by molar-refractivity contribution is 5.96. The summed E-state index contributed by atoms with van der Waals surface area (Å²) >= 11 is 0. The van der Waals surface area contributed by atoms with Gasteiger partial charge in [0.25, 0.3) is 5.91 Å². The monoisotopic (exact) mass is 329 g/mol. The van der Waals surface area contributed by atoms with Crippen LogP contribution in [0.25, 0.3) is 0 Å². The Labute approximate surface area is 141 Å². The molecule has 0 atom stereocenters. The molecule has 128 valence electrons. The Bertz CT molecular complexity index is 636. The maximum atomic E-state index is 11.9. The van der Waals surface area contributed by atoms with E-state index in [4.69, 9.17) is 4.42 Å². The number of anilines is 1. The van der Waals surface area contributed by atoms with Gasteiger partial charge in [0.15, 0.2) is 0 Å². The van der Waals surface area contributed by atoms with E-state index in [0.717, 1.165) is 18.6 Å². The normalized spacial score (nSPS) is 10.4. The van der Waals surface area contributed by atoms with Gasteiger partial charge in [-0.25, -0.2) is 0 Å². The predicted molar refractivity (Wildman–Crippen MR) is 92.7 cm³/mol. The highest BCUT2D eigenvalue weighted by atomic mass is 16.3. The predicted octanol–water partition coefficient (Wildman–Crippen LogP) is 2.54. The van der Waals surface area contributed by atoms with Crippen LogP contribution in [-0.2, 0) is 11.3 Å². The van der Waals surface area contributed by atoms with Crippen molar-refractivity contribution in [3.8, 4) is 0 Å². The number of hydrogen-bond donors (Lipinski definition) is 3. The third-order valence-electron chi connectivity index (χ3n) is 3.41. The molecule has 1 heterocycles. The molecule has 0 fully saturated rings. The van der Waals surface area contributed by atoms with Crippen molar-refractivity contribution in [1.29, 1.82) is 0 Å². The molecule has 2 rings (SSSR count). The van der Waals surface area contributed by atoms with Crippen LogP contribution in [-0.4, -0.2) is 24.9 Å². The van der Waals surface area contributed by atoms with Crippen LogP contribution in [0.15, 0.2) is 47.1 Å². The van der Waals surface area contributed by atoms with Gasteiger partial charge >= 0.3 is 0 Å². The Hall–Kier alpha value is -2.60. The maximum Gasteiger partial charge on any atom is 0.251 e. The second-order valence-electron chi connectivity index (χ2n) is 5.42. The Kier molecular flexibility index (Phi) is 7.04. The molecule has 2 amide bonds. The number of benzene rings is 1. The first-order valence-electron chi connectivity index (χ1n) is 8.10. The van der Waals surface area contributed by atoms with Crippen LogP contribution in [0.5, 0.6) is 0 Å². The standard InChI is InChI=1S/C18H23N3O3/c1-2-3-10-20-18(23)14-6-8-15(9-7-14)21-17(22)13-19-12-16-5-4-11-24-16/h4-9,11,19H,2-3,10,12-13H2,1H3,(H,20,23)(H,21,22). The fraction of sp³-hybridized carbons (Fsp3) is 0.333. The Morgan fingerprint density at radius 1 is 1.12 bits per heavy atom. The minimum absolute atomic E-state index is 0.0959. The highest BCUT2D eigenvalue weighted by Gasteiger charge is 2.06. The van der Waals surface area contributed by atoms with Crippen LogP contribution in [0, 0.1) is 0 Å². The van der Waals surface area contributed by atoms with Crippen LogP contribution in [0.4, 0.5) is 5.69 Å². The van der Waals surface area contributed by atoms with Crippen LogP contribution in [0.3, 0.4) is 0 Å². The zero-order valence-corrected chi connectivity index (χ0v) is 13.8. The van der Waals surface area contributed by atoms with Gasteiger partial charge in [0.05, 0.1) is 19.4 Å². The van der Waals surface area contributed by atoms with Crippen molar-refractivity contribution in [2.45, 2.75) is 26.3 Å². The molecule has 0 saturated carbocycles. The fourth-order valence-corrected chi connectivity index (χ4v) is 2.10. The maximum absolute atomic E-state index is 11.9. The van der Waals surface area contributed by atoms with E-state index in [1.54, 1.807) is 36.6 Å². The lowest BCUT2D eigenvalue weighted by Crippen LogP contribution is -2.27. The van der Waals surface area contributed by atoms with Gasteiger partial charge in [-0.3, -0.25) is 9.59 Å². The molecule has 0 unspecified atom stereocenters. The van der Waals surface area contributed by atoms with Crippen LogP contribution in [0.1, 0.15) is 35.9 Å². The number of furan rings is 1. The zero-order chi connectivity index (χ0) is 17.2. The molecule has 0 aliphatic carbocycles. The van der Waals surface area contributed by atoms with Crippen molar-refractivity contribution in [1.82, 2.24) is 10.6 Å². The van der Waals surface area contributed by atoms with Crippen molar-refractivity contribution >= 4 is 17.5 Å². The summed E-state index contributed by atoms with van der Waals surface area (Å²) in [5, 5.41) is 8.63.